The van der Waals surface area contributed by atoms with E-state index < -0.39 is 22.7 Å². The molecule has 3 rings (SSSR count). The van der Waals surface area contributed by atoms with Crippen LogP contribution in [0.2, 0.25) is 0 Å². The quantitative estimate of drug-likeness (QED) is 0.650. The molecule has 6 nitrogen and oxygen atoms in total. The van der Waals surface area contributed by atoms with E-state index in [0.717, 1.165) is 11.8 Å². The maximum absolute atomic E-state index is 12.0. The van der Waals surface area contributed by atoms with Crippen LogP contribution in [0, 0.1) is 0 Å². The maximum Gasteiger partial charge on any atom is 0.265 e. The van der Waals surface area contributed by atoms with Crippen molar-refractivity contribution >= 4 is 34.4 Å². The first-order chi connectivity index (χ1) is 8.53. The van der Waals surface area contributed by atoms with E-state index in [9.17, 15) is 14.7 Å². The molecular weight excluding hydrogens is 254 g/mol. The predicted molar refractivity (Wildman–Crippen MR) is 67.0 cm³/mol. The molecule has 2 amide bonds. The van der Waals surface area contributed by atoms with Crippen molar-refractivity contribution in [3.8, 4) is 0 Å². The summed E-state index contributed by atoms with van der Waals surface area (Å²) in [4.78, 5) is 27.2. The minimum atomic E-state index is -1.91. The summed E-state index contributed by atoms with van der Waals surface area (Å²) in [5.74, 6) is -1.22. The Labute approximate surface area is 106 Å². The number of nitrogens with one attached hydrogen (secondary N) is 1. The second-order valence-corrected chi connectivity index (χ2v) is 5.18. The molecule has 0 fully saturated rings. The van der Waals surface area contributed by atoms with Crippen LogP contribution >= 0.6 is 11.8 Å². The number of hydrogen-bond donors (Lipinski definition) is 3. The van der Waals surface area contributed by atoms with Gasteiger partial charge in [-0.15, -0.1) is 0 Å². The van der Waals surface area contributed by atoms with Crippen LogP contribution in [-0.2, 0) is 15.2 Å². The van der Waals surface area contributed by atoms with Gasteiger partial charge in [0.15, 0.2) is 10.8 Å². The van der Waals surface area contributed by atoms with Crippen molar-refractivity contribution in [1.29, 1.82) is 0 Å². The van der Waals surface area contributed by atoms with Crippen LogP contribution in [0.25, 0.3) is 0 Å². The van der Waals surface area contributed by atoms with E-state index in [1.165, 1.54) is 0 Å². The van der Waals surface area contributed by atoms with Gasteiger partial charge in [0, 0.05) is 11.3 Å². The average molecular weight is 263 g/mol. The fourth-order valence-electron chi connectivity index (χ4n) is 2.15. The summed E-state index contributed by atoms with van der Waals surface area (Å²) in [6.45, 7) is 0. The van der Waals surface area contributed by atoms with E-state index in [4.69, 9.17) is 5.73 Å². The van der Waals surface area contributed by atoms with Crippen molar-refractivity contribution in [2.75, 3.05) is 5.32 Å². The van der Waals surface area contributed by atoms with Gasteiger partial charge in [0.05, 0.1) is 0 Å². The summed E-state index contributed by atoms with van der Waals surface area (Å²) >= 11 is 0.904. The number of carbonyl (C=O) groups is 2. The highest BCUT2D eigenvalue weighted by molar-refractivity contribution is 8.15. The number of carbonyl (C=O) groups excluding carboxylic acids is 2. The summed E-state index contributed by atoms with van der Waals surface area (Å²) < 4.78 is 0. The van der Waals surface area contributed by atoms with Crippen molar-refractivity contribution in [2.24, 2.45) is 10.7 Å². The lowest BCUT2D eigenvalue weighted by Gasteiger charge is -2.24. The molecule has 0 saturated carbocycles. The minimum absolute atomic E-state index is 0.0654. The number of nitrogens with zero attached hydrogens (tertiary/aromatic N) is 1. The van der Waals surface area contributed by atoms with Gasteiger partial charge < -0.3 is 16.2 Å². The number of nitrogens with two attached hydrogens (primary N) is 1. The van der Waals surface area contributed by atoms with Gasteiger partial charge in [-0.05, 0) is 6.07 Å². The molecule has 0 aromatic heterocycles. The third kappa shape index (κ3) is 1.31. The van der Waals surface area contributed by atoms with Crippen LogP contribution in [0.4, 0.5) is 5.69 Å². The first-order valence-corrected chi connectivity index (χ1v) is 6.09. The Balaban J connectivity index is 2.11. The molecule has 2 aliphatic heterocycles. The number of amides is 2. The Kier molecular flexibility index (Phi) is 2.23. The molecule has 4 N–H and O–H groups in total. The third-order valence-corrected chi connectivity index (χ3v) is 4.11. The van der Waals surface area contributed by atoms with E-state index in [-0.39, 0.29) is 5.17 Å². The Bertz CT molecular complexity index is 601. The van der Waals surface area contributed by atoms with Crippen LogP contribution in [0.5, 0.6) is 0 Å². The topological polar surface area (TPSA) is 105 Å². The number of thioether (sulfide) groups is 1. The highest BCUT2D eigenvalue weighted by atomic mass is 32.2. The first kappa shape index (κ1) is 11.2. The second kappa shape index (κ2) is 3.56. The summed E-state index contributed by atoms with van der Waals surface area (Å²) in [5, 5.41) is 12.2. The van der Waals surface area contributed by atoms with Crippen LogP contribution in [-0.4, -0.2) is 27.3 Å². The molecule has 7 heteroatoms. The zero-order chi connectivity index (χ0) is 12.9. The fraction of sp³-hybridized carbons (Fsp3) is 0.182. The van der Waals surface area contributed by atoms with Gasteiger partial charge in [0.25, 0.3) is 11.8 Å². The molecule has 0 unspecified atom stereocenters. The monoisotopic (exact) mass is 263 g/mol. The molecule has 2 aliphatic rings. The van der Waals surface area contributed by atoms with E-state index in [0.29, 0.717) is 11.3 Å². The first-order valence-electron chi connectivity index (χ1n) is 5.21. The van der Waals surface area contributed by atoms with Gasteiger partial charge in [0.2, 0.25) is 0 Å². The van der Waals surface area contributed by atoms with Crippen molar-refractivity contribution in [3.05, 3.63) is 29.8 Å². The van der Waals surface area contributed by atoms with Gasteiger partial charge in [-0.1, -0.05) is 30.0 Å². The van der Waals surface area contributed by atoms with Gasteiger partial charge in [-0.25, -0.2) is 0 Å². The minimum Gasteiger partial charge on any atom is -0.378 e. The number of benzene rings is 1. The Morgan fingerprint density at radius 3 is 2.78 bits per heavy atom. The normalized spacial score (nSPS) is 30.1. The highest BCUT2D eigenvalue weighted by Crippen LogP contribution is 2.44. The molecule has 0 radical (unpaired) electrons. The van der Waals surface area contributed by atoms with E-state index in [1.54, 1.807) is 24.3 Å². The molecule has 92 valence electrons. The number of para-hydroxylation sites is 1. The van der Waals surface area contributed by atoms with E-state index in [1.807, 2.05) is 0 Å². The van der Waals surface area contributed by atoms with Crippen LogP contribution in [0.1, 0.15) is 5.56 Å². The second-order valence-electron chi connectivity index (χ2n) is 4.05. The molecule has 0 bridgehead atoms. The molecule has 1 aromatic rings. The number of rotatable bonds is 1. The van der Waals surface area contributed by atoms with Crippen LogP contribution in [0.3, 0.4) is 0 Å². The summed E-state index contributed by atoms with van der Waals surface area (Å²) in [7, 11) is 0. The van der Waals surface area contributed by atoms with Crippen molar-refractivity contribution in [2.45, 2.75) is 10.9 Å². The maximum atomic E-state index is 12.0. The molecule has 0 aliphatic carbocycles. The Hall–Kier alpha value is -1.86. The molecule has 1 aromatic carbocycles. The lowest BCUT2D eigenvalue weighted by molar-refractivity contribution is -0.138. The van der Waals surface area contributed by atoms with Crippen LogP contribution < -0.4 is 11.1 Å². The number of amidine groups is 1. The number of aliphatic hydroxyl groups is 1. The van der Waals surface area contributed by atoms with Gasteiger partial charge in [-0.3, -0.25) is 9.59 Å². The molecule has 2 atom stereocenters. The van der Waals surface area contributed by atoms with E-state index >= 15 is 0 Å². The Morgan fingerprint density at radius 1 is 1.39 bits per heavy atom. The zero-order valence-electron chi connectivity index (χ0n) is 9.08. The predicted octanol–water partition coefficient (Wildman–Crippen LogP) is -0.217. The lowest BCUT2D eigenvalue weighted by atomic mass is 9.91. The average Bonchev–Trinajstić information content (AvgIpc) is 2.80. The van der Waals surface area contributed by atoms with Crippen molar-refractivity contribution < 1.29 is 14.7 Å². The third-order valence-electron chi connectivity index (χ3n) is 2.99. The SMILES string of the molecule is NC1=NC(=O)[C@H]([C@]2(O)C(=O)Nc3ccccc32)S1. The molecular formula is C11H9N3O3S. The van der Waals surface area contributed by atoms with Crippen LogP contribution in [0.15, 0.2) is 29.3 Å². The fourth-order valence-corrected chi connectivity index (χ4v) is 3.10. The molecule has 0 spiro atoms. The zero-order valence-corrected chi connectivity index (χ0v) is 9.90. The number of hydrogen-bond acceptors (Lipinski definition) is 5. The summed E-state index contributed by atoms with van der Waals surface area (Å²) in [6.07, 6.45) is 0. The van der Waals surface area contributed by atoms with Gasteiger partial charge in [0.1, 0.15) is 5.25 Å². The highest BCUT2D eigenvalue weighted by Gasteiger charge is 2.56. The lowest BCUT2D eigenvalue weighted by Crippen LogP contribution is -2.46. The number of fused-ring (bicyclic) bond motifs is 1. The summed E-state index contributed by atoms with van der Waals surface area (Å²) in [6, 6.07) is 6.70. The number of anilines is 1. The molecule has 18 heavy (non-hydrogen) atoms. The van der Waals surface area contributed by atoms with Gasteiger partial charge in [-0.2, -0.15) is 4.99 Å². The molecule has 0 saturated heterocycles. The standard InChI is InChI=1S/C11H9N3O3S/c12-10-14-8(15)7(18-10)11(17)5-3-1-2-4-6(5)13-9(11)16/h1-4,7,17H,(H,13,16)(H2,12,14,15)/t7-,11+/m1/s1. The number of aliphatic imine (C=N–C) groups is 1. The largest absolute Gasteiger partial charge is 0.378 e. The van der Waals surface area contributed by atoms with Gasteiger partial charge >= 0.3 is 0 Å². The van der Waals surface area contributed by atoms with Crippen molar-refractivity contribution in [1.82, 2.24) is 0 Å². The van der Waals surface area contributed by atoms with Crippen molar-refractivity contribution in [3.63, 3.8) is 0 Å². The smallest absolute Gasteiger partial charge is 0.265 e. The van der Waals surface area contributed by atoms with E-state index in [2.05, 4.69) is 10.3 Å². The Morgan fingerprint density at radius 2 is 2.11 bits per heavy atom. The summed E-state index contributed by atoms with van der Waals surface area (Å²) in [5.41, 5.74) is 4.43. The molecule has 2 heterocycles.